The van der Waals surface area contributed by atoms with Gasteiger partial charge in [0.1, 0.15) is 0 Å². The number of hydrogen-bond acceptors (Lipinski definition) is 5. The number of benzene rings is 1. The van der Waals surface area contributed by atoms with Crippen LogP contribution in [0.25, 0.3) is 0 Å². The van der Waals surface area contributed by atoms with Gasteiger partial charge in [0, 0.05) is 17.5 Å². The van der Waals surface area contributed by atoms with Crippen LogP contribution in [0.1, 0.15) is 55.3 Å². The van der Waals surface area contributed by atoms with Gasteiger partial charge in [0.2, 0.25) is 5.91 Å². The Labute approximate surface area is 175 Å². The van der Waals surface area contributed by atoms with Gasteiger partial charge in [0.25, 0.3) is 0 Å². The maximum Gasteiger partial charge on any atom is 0.308 e. The molecule has 1 aromatic carbocycles. The Morgan fingerprint density at radius 3 is 2.30 bits per heavy atom. The van der Waals surface area contributed by atoms with Crippen molar-refractivity contribution in [1.82, 2.24) is 5.32 Å². The van der Waals surface area contributed by atoms with E-state index in [1.165, 1.54) is 38.5 Å². The van der Waals surface area contributed by atoms with Crippen molar-refractivity contribution in [2.45, 2.75) is 44.9 Å². The van der Waals surface area contributed by atoms with Crippen molar-refractivity contribution in [2.24, 2.45) is 23.2 Å². The molecule has 0 saturated heterocycles. The number of rotatable bonds is 8. The first-order valence-corrected chi connectivity index (χ1v) is 10.7. The topological polar surface area (TPSA) is 81.7 Å². The summed E-state index contributed by atoms with van der Waals surface area (Å²) in [7, 11) is 1.34. The summed E-state index contributed by atoms with van der Waals surface area (Å²) in [6, 6.07) is 3.83. The molecular weight excluding hydrogens is 389 g/mol. The van der Waals surface area contributed by atoms with Gasteiger partial charge in [0.05, 0.1) is 13.5 Å². The molecule has 6 nitrogen and oxygen atoms in total. The van der Waals surface area contributed by atoms with Gasteiger partial charge in [-0.1, -0.05) is 0 Å². The maximum absolute atomic E-state index is 13.7. The second-order valence-electron chi connectivity index (χ2n) is 9.14. The van der Waals surface area contributed by atoms with Gasteiger partial charge in [0.15, 0.2) is 24.0 Å². The minimum atomic E-state index is -0.651. The van der Waals surface area contributed by atoms with E-state index in [-0.39, 0.29) is 35.6 Å². The van der Waals surface area contributed by atoms with E-state index in [0.29, 0.717) is 17.8 Å². The van der Waals surface area contributed by atoms with Crippen LogP contribution in [-0.4, -0.2) is 37.9 Å². The minimum Gasteiger partial charge on any atom is -0.494 e. The molecular formula is C23H28FNO5. The highest BCUT2D eigenvalue weighted by molar-refractivity contribution is 5.98. The van der Waals surface area contributed by atoms with E-state index in [9.17, 15) is 18.8 Å². The van der Waals surface area contributed by atoms with E-state index < -0.39 is 24.2 Å². The average molecular weight is 417 g/mol. The number of esters is 1. The minimum absolute atomic E-state index is 0.00234. The van der Waals surface area contributed by atoms with Crippen molar-refractivity contribution < 1.29 is 28.2 Å². The molecule has 1 amide bonds. The monoisotopic (exact) mass is 417 g/mol. The summed E-state index contributed by atoms with van der Waals surface area (Å²) >= 11 is 0. The highest BCUT2D eigenvalue weighted by Gasteiger charge is 2.54. The molecule has 4 fully saturated rings. The zero-order valence-electron chi connectivity index (χ0n) is 17.2. The Balaban J connectivity index is 1.20. The third-order valence-corrected chi connectivity index (χ3v) is 6.97. The summed E-state index contributed by atoms with van der Waals surface area (Å²) in [5.41, 5.74) is -0.135. The third kappa shape index (κ3) is 4.20. The quantitative estimate of drug-likeness (QED) is 0.519. The van der Waals surface area contributed by atoms with E-state index in [0.717, 1.165) is 25.3 Å². The van der Waals surface area contributed by atoms with Gasteiger partial charge in [-0.05, 0) is 74.5 Å². The number of methoxy groups -OCH3 is 1. The number of ether oxygens (including phenoxy) is 2. The Hall–Kier alpha value is -2.44. The highest BCUT2D eigenvalue weighted by atomic mass is 19.1. The molecule has 7 heteroatoms. The van der Waals surface area contributed by atoms with Crippen molar-refractivity contribution in [1.29, 1.82) is 0 Å². The van der Waals surface area contributed by atoms with Crippen LogP contribution in [0.4, 0.5) is 4.39 Å². The molecule has 0 unspecified atom stereocenters. The highest BCUT2D eigenvalue weighted by Crippen LogP contribution is 2.60. The summed E-state index contributed by atoms with van der Waals surface area (Å²) in [4.78, 5) is 36.9. The van der Waals surface area contributed by atoms with Crippen LogP contribution in [-0.2, 0) is 14.3 Å². The maximum atomic E-state index is 13.7. The summed E-state index contributed by atoms with van der Waals surface area (Å²) in [5, 5.41) is 2.92. The van der Waals surface area contributed by atoms with Crippen molar-refractivity contribution in [3.05, 3.63) is 29.6 Å². The predicted molar refractivity (Wildman–Crippen MR) is 106 cm³/mol. The smallest absolute Gasteiger partial charge is 0.308 e. The molecule has 0 aromatic heterocycles. The zero-order chi connectivity index (χ0) is 21.3. The van der Waals surface area contributed by atoms with Crippen LogP contribution in [0.5, 0.6) is 5.75 Å². The molecule has 4 saturated carbocycles. The molecule has 1 aromatic rings. The number of carbonyl (C=O) groups is 3. The number of ketones is 1. The van der Waals surface area contributed by atoms with Crippen molar-refractivity contribution in [3.63, 3.8) is 0 Å². The number of halogens is 1. The lowest BCUT2D eigenvalue weighted by molar-refractivity contribution is -0.147. The van der Waals surface area contributed by atoms with Gasteiger partial charge in [-0.25, -0.2) is 4.39 Å². The largest absolute Gasteiger partial charge is 0.494 e. The van der Waals surface area contributed by atoms with Crippen molar-refractivity contribution >= 4 is 17.7 Å². The lowest BCUT2D eigenvalue weighted by Gasteiger charge is -2.55. The number of carbonyl (C=O) groups excluding carboxylic acids is 3. The molecule has 0 aliphatic heterocycles. The fraction of sp³-hybridized carbons (Fsp3) is 0.609. The second kappa shape index (κ2) is 8.36. The van der Waals surface area contributed by atoms with Gasteiger partial charge >= 0.3 is 5.97 Å². The van der Waals surface area contributed by atoms with E-state index >= 15 is 0 Å². The van der Waals surface area contributed by atoms with Gasteiger partial charge in [-0.3, -0.25) is 14.4 Å². The first-order chi connectivity index (χ1) is 14.4. The molecule has 0 spiro atoms. The summed E-state index contributed by atoms with van der Waals surface area (Å²) < 4.78 is 23.5. The Morgan fingerprint density at radius 1 is 1.10 bits per heavy atom. The fourth-order valence-corrected chi connectivity index (χ4v) is 6.00. The molecule has 0 atom stereocenters. The molecule has 30 heavy (non-hydrogen) atoms. The van der Waals surface area contributed by atoms with Crippen LogP contribution in [0.2, 0.25) is 0 Å². The van der Waals surface area contributed by atoms with E-state index in [4.69, 9.17) is 9.47 Å². The number of nitrogens with one attached hydrogen (secondary N) is 1. The summed E-state index contributed by atoms with van der Waals surface area (Å²) in [6.07, 6.45) is 6.73. The van der Waals surface area contributed by atoms with Gasteiger partial charge < -0.3 is 14.8 Å². The summed E-state index contributed by atoms with van der Waals surface area (Å²) in [5.74, 6) is 0.438. The van der Waals surface area contributed by atoms with E-state index in [1.807, 2.05) is 0 Å². The fourth-order valence-electron chi connectivity index (χ4n) is 6.00. The van der Waals surface area contributed by atoms with Crippen LogP contribution in [0.3, 0.4) is 0 Å². The third-order valence-electron chi connectivity index (χ3n) is 6.97. The molecule has 4 aliphatic carbocycles. The van der Waals surface area contributed by atoms with Crippen LogP contribution in [0, 0.1) is 29.0 Å². The average Bonchev–Trinajstić information content (AvgIpc) is 2.70. The predicted octanol–water partition coefficient (Wildman–Crippen LogP) is 3.28. The molecule has 1 N–H and O–H groups in total. The van der Waals surface area contributed by atoms with E-state index in [2.05, 4.69) is 5.32 Å². The molecule has 5 rings (SSSR count). The Bertz CT molecular complexity index is 817. The Morgan fingerprint density at radius 2 is 1.73 bits per heavy atom. The number of amides is 1. The Kier molecular flexibility index (Phi) is 5.80. The van der Waals surface area contributed by atoms with Crippen molar-refractivity contribution in [2.75, 3.05) is 20.3 Å². The van der Waals surface area contributed by atoms with E-state index in [1.54, 1.807) is 0 Å². The number of Topliss-reactive ketones (excluding diaryl/α,β-unsaturated/α-hetero) is 1. The second-order valence-corrected chi connectivity index (χ2v) is 9.14. The summed E-state index contributed by atoms with van der Waals surface area (Å²) in [6.45, 7) is -0.266. The molecule has 4 bridgehead atoms. The van der Waals surface area contributed by atoms with Crippen molar-refractivity contribution in [3.8, 4) is 5.75 Å². The standard InChI is InChI=1S/C23H28FNO5/c1-29-20-3-2-17(9-18(20)24)19(26)13-30-21(27)4-5-25-22(28)23-10-14-6-15(11-23)8-16(7-14)12-23/h2-3,9,14-16H,4-8,10-13H2,1H3,(H,25,28). The normalized spacial score (nSPS) is 28.8. The van der Waals surface area contributed by atoms with Crippen LogP contribution < -0.4 is 10.1 Å². The lowest BCUT2D eigenvalue weighted by atomic mass is 9.49. The molecule has 0 radical (unpaired) electrons. The van der Waals surface area contributed by atoms with Crippen LogP contribution >= 0.6 is 0 Å². The SMILES string of the molecule is COc1ccc(C(=O)COC(=O)CCNC(=O)C23CC4CC(CC(C4)C2)C3)cc1F. The van der Waals surface area contributed by atoms with Gasteiger partial charge in [-0.15, -0.1) is 0 Å². The lowest BCUT2D eigenvalue weighted by Crippen LogP contribution is -2.53. The first-order valence-electron chi connectivity index (χ1n) is 10.7. The molecule has 4 aliphatic rings. The van der Waals surface area contributed by atoms with Gasteiger partial charge in [-0.2, -0.15) is 0 Å². The first kappa shape index (κ1) is 20.8. The zero-order valence-corrected chi connectivity index (χ0v) is 17.2. The molecule has 162 valence electrons. The number of hydrogen-bond donors (Lipinski definition) is 1. The van der Waals surface area contributed by atoms with Crippen LogP contribution in [0.15, 0.2) is 18.2 Å². The molecule has 0 heterocycles.